The summed E-state index contributed by atoms with van der Waals surface area (Å²) in [6, 6.07) is 7.35. The van der Waals surface area contributed by atoms with Crippen LogP contribution in [0, 0.1) is 21.7 Å². The van der Waals surface area contributed by atoms with Crippen LogP contribution in [0.15, 0.2) is 47.6 Å². The molecule has 0 spiro atoms. The minimum atomic E-state index is -4.01. The Labute approximate surface area is 170 Å². The predicted octanol–water partition coefficient (Wildman–Crippen LogP) is 2.19. The van der Waals surface area contributed by atoms with Gasteiger partial charge in [0.1, 0.15) is 0 Å². The van der Waals surface area contributed by atoms with Gasteiger partial charge in [-0.2, -0.15) is 4.31 Å². The number of hydrogen-bond acceptors (Lipinski definition) is 6. The van der Waals surface area contributed by atoms with Crippen molar-refractivity contribution in [3.63, 3.8) is 0 Å². The Balaban J connectivity index is 1.48. The van der Waals surface area contributed by atoms with Gasteiger partial charge in [-0.1, -0.05) is 12.1 Å². The molecule has 0 radical (unpaired) electrons. The van der Waals surface area contributed by atoms with Crippen LogP contribution in [0.25, 0.3) is 11.0 Å². The van der Waals surface area contributed by atoms with Crippen molar-refractivity contribution in [1.29, 1.82) is 0 Å². The molecule has 0 aliphatic carbocycles. The number of hydrogen-bond donors (Lipinski definition) is 0. The van der Waals surface area contributed by atoms with Gasteiger partial charge in [-0.05, 0) is 6.07 Å². The van der Waals surface area contributed by atoms with E-state index >= 15 is 0 Å². The molecule has 9 nitrogen and oxygen atoms in total. The van der Waals surface area contributed by atoms with E-state index in [-0.39, 0.29) is 18.0 Å². The highest BCUT2D eigenvalue weighted by atomic mass is 32.2. The van der Waals surface area contributed by atoms with Crippen LogP contribution in [-0.2, 0) is 16.7 Å². The van der Waals surface area contributed by atoms with Gasteiger partial charge in [0, 0.05) is 44.4 Å². The number of nitro benzene ring substituents is 1. The number of rotatable bonds is 5. The quantitative estimate of drug-likeness (QED) is 0.448. The van der Waals surface area contributed by atoms with Crippen molar-refractivity contribution >= 4 is 26.7 Å². The van der Waals surface area contributed by atoms with Crippen LogP contribution >= 0.6 is 0 Å². The molecular formula is C18H17F2N5O4S. The van der Waals surface area contributed by atoms with Gasteiger partial charge in [0.2, 0.25) is 10.0 Å². The third-order valence-electron chi connectivity index (χ3n) is 5.03. The first-order valence-corrected chi connectivity index (χ1v) is 10.5. The van der Waals surface area contributed by atoms with E-state index in [4.69, 9.17) is 0 Å². The SMILES string of the molecule is O=[N+]([O-])c1ccccc1S(=O)(=O)N1CCN(Cn2cnc3cc(F)c(F)cc32)CC1. The number of benzene rings is 2. The summed E-state index contributed by atoms with van der Waals surface area (Å²) in [5.41, 5.74) is 0.300. The first kappa shape index (κ1) is 20.3. The lowest BCUT2D eigenvalue weighted by atomic mass is 10.3. The zero-order valence-electron chi connectivity index (χ0n) is 15.6. The van der Waals surface area contributed by atoms with Gasteiger partial charge in [-0.3, -0.25) is 15.0 Å². The lowest BCUT2D eigenvalue weighted by Gasteiger charge is -2.34. The Kier molecular flexibility index (Phi) is 5.22. The molecule has 4 rings (SSSR count). The predicted molar refractivity (Wildman–Crippen MR) is 103 cm³/mol. The third kappa shape index (κ3) is 3.64. The van der Waals surface area contributed by atoms with Crippen LogP contribution in [0.3, 0.4) is 0 Å². The van der Waals surface area contributed by atoms with Gasteiger partial charge in [0.15, 0.2) is 16.5 Å². The number of imidazole rings is 1. The molecule has 0 amide bonds. The van der Waals surface area contributed by atoms with Gasteiger partial charge >= 0.3 is 0 Å². The highest BCUT2D eigenvalue weighted by Gasteiger charge is 2.33. The smallest absolute Gasteiger partial charge is 0.289 e. The van der Waals surface area contributed by atoms with Gasteiger partial charge < -0.3 is 4.57 Å². The molecule has 0 unspecified atom stereocenters. The number of sulfonamides is 1. The molecule has 2 heterocycles. The van der Waals surface area contributed by atoms with Gasteiger partial charge in [-0.15, -0.1) is 0 Å². The standard InChI is InChI=1S/C18H17F2N5O4S/c19-13-9-15-17(10-14(13)20)23(11-21-15)12-22-5-7-24(8-6-22)30(28,29)18-4-2-1-3-16(18)25(26)27/h1-4,9-11H,5-8,12H2. The largest absolute Gasteiger partial charge is 0.317 e. The molecule has 30 heavy (non-hydrogen) atoms. The molecule has 1 aliphatic heterocycles. The molecule has 12 heteroatoms. The first-order chi connectivity index (χ1) is 14.3. The molecular weight excluding hydrogens is 420 g/mol. The summed E-state index contributed by atoms with van der Waals surface area (Å²) in [5, 5.41) is 11.2. The second-order valence-corrected chi connectivity index (χ2v) is 8.76. The maximum absolute atomic E-state index is 13.6. The summed E-state index contributed by atoms with van der Waals surface area (Å²) in [4.78, 5) is 16.1. The molecule has 0 atom stereocenters. The van der Waals surface area contributed by atoms with Crippen LogP contribution in [0.2, 0.25) is 0 Å². The van der Waals surface area contributed by atoms with Gasteiger partial charge in [0.05, 0.1) is 29.0 Å². The molecule has 2 aromatic carbocycles. The molecule has 0 saturated carbocycles. The second kappa shape index (κ2) is 7.70. The van der Waals surface area contributed by atoms with Crippen molar-refractivity contribution in [2.75, 3.05) is 26.2 Å². The Morgan fingerprint density at radius 2 is 1.73 bits per heavy atom. The zero-order chi connectivity index (χ0) is 21.5. The lowest BCUT2D eigenvalue weighted by molar-refractivity contribution is -0.387. The Bertz CT molecular complexity index is 1220. The van der Waals surface area contributed by atoms with Crippen LogP contribution in [0.1, 0.15) is 0 Å². The Morgan fingerprint density at radius 1 is 1.07 bits per heavy atom. The summed E-state index contributed by atoms with van der Waals surface area (Å²) in [6.07, 6.45) is 1.47. The summed E-state index contributed by atoms with van der Waals surface area (Å²) in [5.74, 6) is -1.94. The number of para-hydroxylation sites is 1. The van der Waals surface area contributed by atoms with Gasteiger partial charge in [-0.25, -0.2) is 22.2 Å². The van der Waals surface area contributed by atoms with Crippen molar-refractivity contribution in [2.24, 2.45) is 0 Å². The van der Waals surface area contributed by atoms with Crippen molar-refractivity contribution < 1.29 is 22.1 Å². The number of fused-ring (bicyclic) bond motifs is 1. The van der Waals surface area contributed by atoms with Crippen LogP contribution in [0.5, 0.6) is 0 Å². The minimum Gasteiger partial charge on any atom is -0.317 e. The molecule has 158 valence electrons. The zero-order valence-corrected chi connectivity index (χ0v) is 16.4. The first-order valence-electron chi connectivity index (χ1n) is 9.03. The summed E-state index contributed by atoms with van der Waals surface area (Å²) in [6.45, 7) is 1.33. The number of piperazine rings is 1. The summed E-state index contributed by atoms with van der Waals surface area (Å²) in [7, 11) is -4.01. The van der Waals surface area contributed by atoms with E-state index in [1.54, 1.807) is 4.57 Å². The van der Waals surface area contributed by atoms with Gasteiger partial charge in [0.25, 0.3) is 5.69 Å². The monoisotopic (exact) mass is 437 g/mol. The maximum atomic E-state index is 13.6. The molecule has 3 aromatic rings. The minimum absolute atomic E-state index is 0.143. The van der Waals surface area contributed by atoms with Crippen molar-refractivity contribution in [2.45, 2.75) is 11.6 Å². The average molecular weight is 437 g/mol. The summed E-state index contributed by atoms with van der Waals surface area (Å²) >= 11 is 0. The highest BCUT2D eigenvalue weighted by Crippen LogP contribution is 2.27. The van der Waals surface area contributed by atoms with Crippen molar-refractivity contribution in [3.05, 3.63) is 64.5 Å². The molecule has 1 saturated heterocycles. The molecule has 0 bridgehead atoms. The fourth-order valence-corrected chi connectivity index (χ4v) is 5.04. The number of nitrogens with zero attached hydrogens (tertiary/aromatic N) is 5. The molecule has 1 aromatic heterocycles. The van der Waals surface area contributed by atoms with Crippen LogP contribution < -0.4 is 0 Å². The van der Waals surface area contributed by atoms with Crippen LogP contribution in [-0.4, -0.2) is 58.3 Å². The highest BCUT2D eigenvalue weighted by molar-refractivity contribution is 7.89. The van der Waals surface area contributed by atoms with E-state index in [0.717, 1.165) is 18.2 Å². The Hall–Kier alpha value is -2.96. The van der Waals surface area contributed by atoms with Crippen molar-refractivity contribution in [1.82, 2.24) is 18.8 Å². The van der Waals surface area contributed by atoms with Crippen molar-refractivity contribution in [3.8, 4) is 0 Å². The number of aromatic nitrogens is 2. The maximum Gasteiger partial charge on any atom is 0.289 e. The summed E-state index contributed by atoms with van der Waals surface area (Å²) < 4.78 is 55.6. The van der Waals surface area contributed by atoms with E-state index in [1.807, 2.05) is 4.90 Å². The topological polar surface area (TPSA) is 102 Å². The molecule has 1 aliphatic rings. The number of halogens is 2. The average Bonchev–Trinajstić information content (AvgIpc) is 3.10. The van der Waals surface area contributed by atoms with Crippen LogP contribution in [0.4, 0.5) is 14.5 Å². The molecule has 0 N–H and O–H groups in total. The Morgan fingerprint density at radius 3 is 2.43 bits per heavy atom. The second-order valence-electron chi connectivity index (χ2n) is 6.86. The lowest BCUT2D eigenvalue weighted by Crippen LogP contribution is -2.48. The normalized spacial score (nSPS) is 16.2. The van der Waals surface area contributed by atoms with E-state index in [0.29, 0.717) is 30.8 Å². The third-order valence-corrected chi connectivity index (χ3v) is 6.97. The fraction of sp³-hybridized carbons (Fsp3) is 0.278. The van der Waals surface area contributed by atoms with E-state index < -0.39 is 32.3 Å². The fourth-order valence-electron chi connectivity index (χ4n) is 3.46. The number of nitro groups is 1. The van der Waals surface area contributed by atoms with E-state index in [2.05, 4.69) is 4.98 Å². The van der Waals surface area contributed by atoms with E-state index in [1.165, 1.54) is 28.8 Å². The van der Waals surface area contributed by atoms with E-state index in [9.17, 15) is 27.3 Å². The molecule has 1 fully saturated rings.